The van der Waals surface area contributed by atoms with E-state index in [-0.39, 0.29) is 0 Å². The van der Waals surface area contributed by atoms with Crippen molar-refractivity contribution in [2.45, 2.75) is 38.2 Å². The average molecular weight is 233 g/mol. The fourth-order valence-corrected chi connectivity index (χ4v) is 2.60. The summed E-state index contributed by atoms with van der Waals surface area (Å²) in [5.41, 5.74) is 7.09. The molecular formula is C15H23NO. The van der Waals surface area contributed by atoms with E-state index in [1.807, 2.05) is 0 Å². The molecule has 2 nitrogen and oxygen atoms in total. The highest BCUT2D eigenvalue weighted by molar-refractivity contribution is 5.14. The Labute approximate surface area is 104 Å². The molecule has 2 rings (SSSR count). The van der Waals surface area contributed by atoms with Crippen molar-refractivity contribution in [3.05, 3.63) is 35.9 Å². The highest BCUT2D eigenvalue weighted by Crippen LogP contribution is 2.25. The highest BCUT2D eigenvalue weighted by atomic mass is 16.5. The van der Waals surface area contributed by atoms with E-state index in [1.54, 1.807) is 0 Å². The number of rotatable bonds is 5. The molecule has 1 aromatic carbocycles. The lowest BCUT2D eigenvalue weighted by Crippen LogP contribution is -2.28. The summed E-state index contributed by atoms with van der Waals surface area (Å²) in [6.07, 6.45) is 6.40. The molecular weight excluding hydrogens is 210 g/mol. The molecule has 0 saturated heterocycles. The standard InChI is InChI=1S/C15H23NO/c16-12-14-7-4-8-15(11-14)17-10-9-13-5-2-1-3-6-13/h1-3,5-6,14-15H,4,7-12,16H2/t14-,15+/m1/s1. The van der Waals surface area contributed by atoms with Crippen LogP contribution in [0, 0.1) is 5.92 Å². The molecule has 2 atom stereocenters. The van der Waals surface area contributed by atoms with Crippen LogP contribution in [0.5, 0.6) is 0 Å². The lowest BCUT2D eigenvalue weighted by molar-refractivity contribution is 0.0160. The first-order chi connectivity index (χ1) is 8.38. The van der Waals surface area contributed by atoms with E-state index in [0.29, 0.717) is 12.0 Å². The van der Waals surface area contributed by atoms with E-state index in [1.165, 1.54) is 24.8 Å². The normalized spacial score (nSPS) is 24.8. The first kappa shape index (κ1) is 12.6. The molecule has 0 heterocycles. The highest BCUT2D eigenvalue weighted by Gasteiger charge is 2.21. The van der Waals surface area contributed by atoms with E-state index in [4.69, 9.17) is 10.5 Å². The number of hydrogen-bond donors (Lipinski definition) is 1. The van der Waals surface area contributed by atoms with Crippen molar-refractivity contribution in [3.8, 4) is 0 Å². The molecule has 1 aliphatic carbocycles. The Bertz CT molecular complexity index is 312. The van der Waals surface area contributed by atoms with E-state index >= 15 is 0 Å². The van der Waals surface area contributed by atoms with Crippen molar-refractivity contribution in [1.82, 2.24) is 0 Å². The molecule has 1 aromatic rings. The summed E-state index contributed by atoms with van der Waals surface area (Å²) >= 11 is 0. The van der Waals surface area contributed by atoms with Crippen LogP contribution in [0.2, 0.25) is 0 Å². The minimum absolute atomic E-state index is 0.445. The van der Waals surface area contributed by atoms with Crippen molar-refractivity contribution in [2.75, 3.05) is 13.2 Å². The number of benzene rings is 1. The molecule has 1 aliphatic rings. The summed E-state index contributed by atoms with van der Waals surface area (Å²) in [5, 5.41) is 0. The van der Waals surface area contributed by atoms with Gasteiger partial charge < -0.3 is 10.5 Å². The van der Waals surface area contributed by atoms with Crippen LogP contribution in [0.3, 0.4) is 0 Å². The minimum Gasteiger partial charge on any atom is -0.378 e. The maximum Gasteiger partial charge on any atom is 0.0578 e. The Hall–Kier alpha value is -0.860. The van der Waals surface area contributed by atoms with Gasteiger partial charge in [0.05, 0.1) is 12.7 Å². The summed E-state index contributed by atoms with van der Waals surface area (Å²) < 4.78 is 5.96. The van der Waals surface area contributed by atoms with E-state index < -0.39 is 0 Å². The summed E-state index contributed by atoms with van der Waals surface area (Å²) in [6.45, 7) is 1.66. The van der Waals surface area contributed by atoms with Crippen LogP contribution in [-0.2, 0) is 11.2 Å². The lowest BCUT2D eigenvalue weighted by atomic mass is 9.87. The van der Waals surface area contributed by atoms with Gasteiger partial charge in [0, 0.05) is 0 Å². The van der Waals surface area contributed by atoms with Gasteiger partial charge >= 0.3 is 0 Å². The first-order valence-electron chi connectivity index (χ1n) is 6.74. The van der Waals surface area contributed by atoms with Crippen LogP contribution >= 0.6 is 0 Å². The van der Waals surface area contributed by atoms with Gasteiger partial charge in [0.15, 0.2) is 0 Å². The van der Waals surface area contributed by atoms with Crippen molar-refractivity contribution in [2.24, 2.45) is 11.7 Å². The summed E-state index contributed by atoms with van der Waals surface area (Å²) in [7, 11) is 0. The SMILES string of the molecule is NC[C@@H]1CCC[C@H](OCCc2ccccc2)C1. The molecule has 94 valence electrons. The number of hydrogen-bond acceptors (Lipinski definition) is 2. The zero-order chi connectivity index (χ0) is 11.9. The molecule has 17 heavy (non-hydrogen) atoms. The Kier molecular flexibility index (Phi) is 5.02. The molecule has 0 bridgehead atoms. The largest absolute Gasteiger partial charge is 0.378 e. The molecule has 2 N–H and O–H groups in total. The Morgan fingerprint density at radius 1 is 1.18 bits per heavy atom. The monoisotopic (exact) mass is 233 g/mol. The Morgan fingerprint density at radius 2 is 2.00 bits per heavy atom. The van der Waals surface area contributed by atoms with Crippen LogP contribution < -0.4 is 5.73 Å². The molecule has 0 aliphatic heterocycles. The zero-order valence-corrected chi connectivity index (χ0v) is 10.5. The first-order valence-corrected chi connectivity index (χ1v) is 6.74. The maximum absolute atomic E-state index is 5.96. The molecule has 2 heteroatoms. The van der Waals surface area contributed by atoms with E-state index in [0.717, 1.165) is 26.0 Å². The van der Waals surface area contributed by atoms with Gasteiger partial charge in [-0.25, -0.2) is 0 Å². The summed E-state index contributed by atoms with van der Waals surface area (Å²) in [6, 6.07) is 10.5. The molecule has 0 spiro atoms. The topological polar surface area (TPSA) is 35.2 Å². The van der Waals surface area contributed by atoms with Crippen LogP contribution in [0.25, 0.3) is 0 Å². The van der Waals surface area contributed by atoms with Crippen LogP contribution in [0.15, 0.2) is 30.3 Å². The fourth-order valence-electron chi connectivity index (χ4n) is 2.60. The van der Waals surface area contributed by atoms with Crippen molar-refractivity contribution in [3.63, 3.8) is 0 Å². The Morgan fingerprint density at radius 3 is 2.76 bits per heavy atom. The van der Waals surface area contributed by atoms with Gasteiger partial charge in [-0.1, -0.05) is 36.8 Å². The third kappa shape index (κ3) is 4.14. The van der Waals surface area contributed by atoms with Crippen LogP contribution in [0.4, 0.5) is 0 Å². The van der Waals surface area contributed by atoms with Gasteiger partial charge in [-0.3, -0.25) is 0 Å². The van der Waals surface area contributed by atoms with Gasteiger partial charge in [0.25, 0.3) is 0 Å². The summed E-state index contributed by atoms with van der Waals surface area (Å²) in [5.74, 6) is 0.686. The van der Waals surface area contributed by atoms with E-state index in [2.05, 4.69) is 30.3 Å². The maximum atomic E-state index is 5.96. The van der Waals surface area contributed by atoms with Gasteiger partial charge in [-0.15, -0.1) is 0 Å². The fraction of sp³-hybridized carbons (Fsp3) is 0.600. The smallest absolute Gasteiger partial charge is 0.0578 e. The second-order valence-electron chi connectivity index (χ2n) is 5.00. The van der Waals surface area contributed by atoms with Gasteiger partial charge in [-0.2, -0.15) is 0 Å². The van der Waals surface area contributed by atoms with Crippen LogP contribution in [-0.4, -0.2) is 19.3 Å². The molecule has 0 unspecified atom stereocenters. The van der Waals surface area contributed by atoms with Crippen molar-refractivity contribution in [1.29, 1.82) is 0 Å². The molecule has 1 saturated carbocycles. The third-order valence-electron chi connectivity index (χ3n) is 3.66. The quantitative estimate of drug-likeness (QED) is 0.848. The molecule has 0 aromatic heterocycles. The zero-order valence-electron chi connectivity index (χ0n) is 10.5. The predicted octanol–water partition coefficient (Wildman–Crippen LogP) is 2.76. The van der Waals surface area contributed by atoms with Crippen molar-refractivity contribution >= 4 is 0 Å². The lowest BCUT2D eigenvalue weighted by Gasteiger charge is -2.28. The van der Waals surface area contributed by atoms with Gasteiger partial charge in [0.1, 0.15) is 0 Å². The Balaban J connectivity index is 1.68. The van der Waals surface area contributed by atoms with Crippen LogP contribution in [0.1, 0.15) is 31.2 Å². The number of ether oxygens (including phenoxy) is 1. The predicted molar refractivity (Wildman–Crippen MR) is 70.9 cm³/mol. The molecule has 0 radical (unpaired) electrons. The second-order valence-corrected chi connectivity index (χ2v) is 5.00. The van der Waals surface area contributed by atoms with Crippen molar-refractivity contribution < 1.29 is 4.74 Å². The minimum atomic E-state index is 0.445. The average Bonchev–Trinajstić information content (AvgIpc) is 2.40. The third-order valence-corrected chi connectivity index (χ3v) is 3.66. The second kappa shape index (κ2) is 6.77. The number of nitrogens with two attached hydrogens (primary N) is 1. The molecule has 0 amide bonds. The van der Waals surface area contributed by atoms with E-state index in [9.17, 15) is 0 Å². The molecule has 1 fully saturated rings. The van der Waals surface area contributed by atoms with Gasteiger partial charge in [0.2, 0.25) is 0 Å². The summed E-state index contributed by atoms with van der Waals surface area (Å²) in [4.78, 5) is 0. The van der Waals surface area contributed by atoms with Gasteiger partial charge in [-0.05, 0) is 43.7 Å².